The first-order valence-corrected chi connectivity index (χ1v) is 7.17. The van der Waals surface area contributed by atoms with Crippen molar-refractivity contribution in [3.8, 4) is 0 Å². The van der Waals surface area contributed by atoms with E-state index in [9.17, 15) is 9.90 Å². The summed E-state index contributed by atoms with van der Waals surface area (Å²) in [6.07, 6.45) is 3.76. The summed E-state index contributed by atoms with van der Waals surface area (Å²) in [6.45, 7) is 8.43. The lowest BCUT2D eigenvalue weighted by atomic mass is 10.0. The lowest BCUT2D eigenvalue weighted by Gasteiger charge is -2.29. The van der Waals surface area contributed by atoms with Crippen LogP contribution in [0.15, 0.2) is 0 Å². The largest absolute Gasteiger partial charge is 0.392 e. The van der Waals surface area contributed by atoms with E-state index in [1.165, 1.54) is 0 Å². The molecule has 2 N–H and O–H groups in total. The second kappa shape index (κ2) is 7.74. The van der Waals surface area contributed by atoms with Crippen LogP contribution < -0.4 is 5.32 Å². The van der Waals surface area contributed by atoms with Gasteiger partial charge in [-0.3, -0.25) is 9.69 Å². The van der Waals surface area contributed by atoms with Crippen LogP contribution in [-0.2, 0) is 4.79 Å². The van der Waals surface area contributed by atoms with Crippen LogP contribution in [0.3, 0.4) is 0 Å². The van der Waals surface area contributed by atoms with Gasteiger partial charge in [0.2, 0.25) is 5.91 Å². The van der Waals surface area contributed by atoms with Crippen LogP contribution in [-0.4, -0.2) is 47.7 Å². The number of amides is 1. The van der Waals surface area contributed by atoms with E-state index in [0.717, 1.165) is 32.2 Å². The highest BCUT2D eigenvalue weighted by Crippen LogP contribution is 2.09. The van der Waals surface area contributed by atoms with Crippen molar-refractivity contribution in [3.05, 3.63) is 0 Å². The molecule has 1 saturated heterocycles. The number of rotatable bonds is 6. The maximum atomic E-state index is 11.8. The van der Waals surface area contributed by atoms with E-state index in [1.54, 1.807) is 0 Å². The topological polar surface area (TPSA) is 52.6 Å². The Morgan fingerprint density at radius 2 is 2.11 bits per heavy atom. The maximum Gasteiger partial charge on any atom is 0.234 e. The number of β-amino-alcohol motifs (C(OH)–C–C–N with tert-alkyl or cyclic N) is 1. The third-order valence-electron chi connectivity index (χ3n) is 3.43. The number of nitrogens with one attached hydrogen (secondary N) is 1. The Bertz CT molecular complexity index is 256. The third-order valence-corrected chi connectivity index (χ3v) is 3.43. The fraction of sp³-hybridized carbons (Fsp3) is 0.929. The van der Waals surface area contributed by atoms with E-state index in [-0.39, 0.29) is 18.1 Å². The first kappa shape index (κ1) is 15.4. The van der Waals surface area contributed by atoms with E-state index in [1.807, 2.05) is 4.90 Å². The lowest BCUT2D eigenvalue weighted by molar-refractivity contribution is -0.123. The van der Waals surface area contributed by atoms with Gasteiger partial charge in [0.25, 0.3) is 0 Å². The molecule has 18 heavy (non-hydrogen) atoms. The standard InChI is InChI=1S/C14H28N2O2/c1-11(2)6-7-12(3)15-14(18)10-16-8-4-5-13(17)9-16/h11-13,17H,4-10H2,1-3H3,(H,15,18). The third kappa shape index (κ3) is 6.36. The number of hydrogen-bond acceptors (Lipinski definition) is 3. The van der Waals surface area contributed by atoms with Crippen molar-refractivity contribution in [2.24, 2.45) is 5.92 Å². The summed E-state index contributed by atoms with van der Waals surface area (Å²) in [5.74, 6) is 0.766. The van der Waals surface area contributed by atoms with E-state index >= 15 is 0 Å². The molecule has 4 heteroatoms. The molecule has 1 amide bonds. The molecule has 0 spiro atoms. The maximum absolute atomic E-state index is 11.8. The molecule has 106 valence electrons. The van der Waals surface area contributed by atoms with Gasteiger partial charge in [0.05, 0.1) is 12.6 Å². The van der Waals surface area contributed by atoms with E-state index in [0.29, 0.717) is 19.0 Å². The Kier molecular flexibility index (Phi) is 6.65. The van der Waals surface area contributed by atoms with Crippen LogP contribution in [0.1, 0.15) is 46.5 Å². The van der Waals surface area contributed by atoms with Crippen molar-refractivity contribution in [1.29, 1.82) is 0 Å². The van der Waals surface area contributed by atoms with E-state index in [2.05, 4.69) is 26.1 Å². The van der Waals surface area contributed by atoms with Crippen molar-refractivity contribution in [2.75, 3.05) is 19.6 Å². The fourth-order valence-corrected chi connectivity index (χ4v) is 2.35. The molecule has 1 aliphatic heterocycles. The first-order chi connectivity index (χ1) is 8.47. The van der Waals surface area contributed by atoms with Gasteiger partial charge in [-0.05, 0) is 45.1 Å². The summed E-state index contributed by atoms with van der Waals surface area (Å²) in [7, 11) is 0. The molecule has 0 radical (unpaired) electrons. The SMILES string of the molecule is CC(C)CCC(C)NC(=O)CN1CCCC(O)C1. The Labute approximate surface area is 111 Å². The van der Waals surface area contributed by atoms with Gasteiger partial charge >= 0.3 is 0 Å². The molecule has 1 heterocycles. The summed E-state index contributed by atoms with van der Waals surface area (Å²) in [6, 6.07) is 0.245. The number of carbonyl (C=O) groups is 1. The molecule has 0 aromatic heterocycles. The Morgan fingerprint density at radius 3 is 2.72 bits per heavy atom. The Balaban J connectivity index is 2.19. The molecular formula is C14H28N2O2. The second-order valence-corrected chi connectivity index (χ2v) is 5.97. The molecule has 1 fully saturated rings. The number of hydrogen-bond donors (Lipinski definition) is 2. The quantitative estimate of drug-likeness (QED) is 0.755. The van der Waals surface area contributed by atoms with Crippen LogP contribution in [0.25, 0.3) is 0 Å². The normalized spacial score (nSPS) is 23.1. The summed E-state index contributed by atoms with van der Waals surface area (Å²) in [5.41, 5.74) is 0. The van der Waals surface area contributed by atoms with Crippen LogP contribution in [0.4, 0.5) is 0 Å². The van der Waals surface area contributed by atoms with Gasteiger partial charge in [-0.15, -0.1) is 0 Å². The lowest BCUT2D eigenvalue weighted by Crippen LogP contribution is -2.45. The molecule has 0 saturated carbocycles. The Hall–Kier alpha value is -0.610. The van der Waals surface area contributed by atoms with Crippen molar-refractivity contribution in [3.63, 3.8) is 0 Å². The monoisotopic (exact) mass is 256 g/mol. The summed E-state index contributed by atoms with van der Waals surface area (Å²) < 4.78 is 0. The van der Waals surface area contributed by atoms with Crippen LogP contribution in [0.2, 0.25) is 0 Å². The summed E-state index contributed by atoms with van der Waals surface area (Å²) in [5, 5.41) is 12.6. The van der Waals surface area contributed by atoms with Crippen molar-refractivity contribution in [2.45, 2.75) is 58.6 Å². The minimum Gasteiger partial charge on any atom is -0.392 e. The Morgan fingerprint density at radius 1 is 1.39 bits per heavy atom. The van der Waals surface area contributed by atoms with Gasteiger partial charge in [-0.25, -0.2) is 0 Å². The fourth-order valence-electron chi connectivity index (χ4n) is 2.35. The zero-order valence-corrected chi connectivity index (χ0v) is 12.0. The first-order valence-electron chi connectivity index (χ1n) is 7.17. The molecule has 2 unspecified atom stereocenters. The summed E-state index contributed by atoms with van der Waals surface area (Å²) >= 11 is 0. The highest BCUT2D eigenvalue weighted by atomic mass is 16.3. The molecule has 0 aliphatic carbocycles. The molecule has 2 atom stereocenters. The van der Waals surface area contributed by atoms with Gasteiger partial charge < -0.3 is 10.4 Å². The smallest absolute Gasteiger partial charge is 0.234 e. The van der Waals surface area contributed by atoms with E-state index < -0.39 is 0 Å². The molecule has 0 aromatic carbocycles. The average Bonchev–Trinajstić information content (AvgIpc) is 2.26. The number of carbonyl (C=O) groups excluding carboxylic acids is 1. The van der Waals surface area contributed by atoms with Gasteiger partial charge in [-0.1, -0.05) is 13.8 Å². The minimum absolute atomic E-state index is 0.0837. The minimum atomic E-state index is -0.259. The number of piperidine rings is 1. The average molecular weight is 256 g/mol. The van der Waals surface area contributed by atoms with Crippen LogP contribution in [0, 0.1) is 5.92 Å². The molecule has 1 aliphatic rings. The zero-order chi connectivity index (χ0) is 13.5. The highest BCUT2D eigenvalue weighted by Gasteiger charge is 2.20. The molecule has 0 aromatic rings. The molecular weight excluding hydrogens is 228 g/mol. The number of aliphatic hydroxyl groups is 1. The number of likely N-dealkylation sites (tertiary alicyclic amines) is 1. The predicted octanol–water partition coefficient (Wildman–Crippen LogP) is 1.38. The molecule has 1 rings (SSSR count). The van der Waals surface area contributed by atoms with Crippen LogP contribution in [0.5, 0.6) is 0 Å². The number of nitrogens with zero attached hydrogens (tertiary/aromatic N) is 1. The van der Waals surface area contributed by atoms with Gasteiger partial charge in [-0.2, -0.15) is 0 Å². The number of aliphatic hydroxyl groups excluding tert-OH is 1. The van der Waals surface area contributed by atoms with E-state index in [4.69, 9.17) is 0 Å². The summed E-state index contributed by atoms with van der Waals surface area (Å²) in [4.78, 5) is 13.9. The highest BCUT2D eigenvalue weighted by molar-refractivity contribution is 5.78. The van der Waals surface area contributed by atoms with Gasteiger partial charge in [0.15, 0.2) is 0 Å². The molecule has 0 bridgehead atoms. The van der Waals surface area contributed by atoms with Crippen LogP contribution >= 0.6 is 0 Å². The van der Waals surface area contributed by atoms with Gasteiger partial charge in [0, 0.05) is 12.6 Å². The van der Waals surface area contributed by atoms with Gasteiger partial charge in [0.1, 0.15) is 0 Å². The zero-order valence-electron chi connectivity index (χ0n) is 12.0. The second-order valence-electron chi connectivity index (χ2n) is 5.97. The van der Waals surface area contributed by atoms with Crippen molar-refractivity contribution in [1.82, 2.24) is 10.2 Å². The predicted molar refractivity (Wildman–Crippen MR) is 73.4 cm³/mol. The van der Waals surface area contributed by atoms with Crippen molar-refractivity contribution < 1.29 is 9.90 Å². The molecule has 4 nitrogen and oxygen atoms in total. The van der Waals surface area contributed by atoms with Crippen molar-refractivity contribution >= 4 is 5.91 Å².